The van der Waals surface area contributed by atoms with Crippen LogP contribution in [0, 0.1) is 0 Å². The summed E-state index contributed by atoms with van der Waals surface area (Å²) in [4.78, 5) is 29.2. The Bertz CT molecular complexity index is 1070. The average Bonchev–Trinajstić information content (AvgIpc) is 2.86. The molecule has 0 unspecified atom stereocenters. The summed E-state index contributed by atoms with van der Waals surface area (Å²) in [6.45, 7) is 3.10. The first-order chi connectivity index (χ1) is 16.1. The van der Waals surface area contributed by atoms with Crippen LogP contribution in [0.15, 0.2) is 78.9 Å². The molecule has 2 amide bonds. The molecule has 1 N–H and O–H groups in total. The first-order valence-corrected chi connectivity index (χ1v) is 12.4. The summed E-state index contributed by atoms with van der Waals surface area (Å²) in [6.07, 6.45) is 0. The van der Waals surface area contributed by atoms with E-state index in [0.717, 1.165) is 24.3 Å². The lowest BCUT2D eigenvalue weighted by atomic mass is 10.1. The van der Waals surface area contributed by atoms with E-state index < -0.39 is 0 Å². The van der Waals surface area contributed by atoms with Gasteiger partial charge in [0.25, 0.3) is 5.91 Å². The summed E-state index contributed by atoms with van der Waals surface area (Å²) in [6, 6.07) is 25.1. The molecule has 0 aliphatic carbocycles. The predicted molar refractivity (Wildman–Crippen MR) is 137 cm³/mol. The molecular formula is C26H26ClN3O2S. The molecule has 0 saturated carbocycles. The summed E-state index contributed by atoms with van der Waals surface area (Å²) >= 11 is 7.40. The van der Waals surface area contributed by atoms with Gasteiger partial charge in [-0.1, -0.05) is 41.9 Å². The lowest BCUT2D eigenvalue weighted by molar-refractivity contribution is -0.113. The normalized spacial score (nSPS) is 13.6. The summed E-state index contributed by atoms with van der Waals surface area (Å²) in [5.41, 5.74) is 3.73. The maximum atomic E-state index is 12.9. The number of hydrogen-bond donors (Lipinski definition) is 1. The molecule has 3 aromatic rings. The number of carbonyl (C=O) groups excluding carboxylic acids is 2. The van der Waals surface area contributed by atoms with E-state index in [1.54, 1.807) is 24.3 Å². The van der Waals surface area contributed by atoms with Crippen LogP contribution in [0.4, 0.5) is 11.4 Å². The van der Waals surface area contributed by atoms with Crippen molar-refractivity contribution in [3.63, 3.8) is 0 Å². The van der Waals surface area contributed by atoms with Crippen LogP contribution >= 0.6 is 23.4 Å². The number of carbonyl (C=O) groups is 2. The summed E-state index contributed by atoms with van der Waals surface area (Å²) < 4.78 is 0. The molecule has 0 aromatic heterocycles. The van der Waals surface area contributed by atoms with Crippen LogP contribution in [-0.2, 0) is 10.5 Å². The molecule has 3 aromatic carbocycles. The number of rotatable bonds is 7. The second kappa shape index (κ2) is 11.3. The topological polar surface area (TPSA) is 52.7 Å². The highest BCUT2D eigenvalue weighted by molar-refractivity contribution is 7.99. The van der Waals surface area contributed by atoms with Crippen molar-refractivity contribution in [1.29, 1.82) is 0 Å². The van der Waals surface area contributed by atoms with Crippen molar-refractivity contribution < 1.29 is 9.59 Å². The number of halogens is 1. The van der Waals surface area contributed by atoms with Gasteiger partial charge >= 0.3 is 0 Å². The molecule has 33 heavy (non-hydrogen) atoms. The molecule has 1 aliphatic heterocycles. The van der Waals surface area contributed by atoms with Gasteiger partial charge in [0, 0.05) is 53.9 Å². The van der Waals surface area contributed by atoms with Crippen LogP contribution in [0.1, 0.15) is 15.9 Å². The molecular weight excluding hydrogens is 454 g/mol. The third kappa shape index (κ3) is 6.53. The first-order valence-electron chi connectivity index (χ1n) is 10.9. The number of para-hydroxylation sites is 1. The maximum Gasteiger partial charge on any atom is 0.253 e. The summed E-state index contributed by atoms with van der Waals surface area (Å²) in [5, 5.41) is 3.49. The lowest BCUT2D eigenvalue weighted by Crippen LogP contribution is -2.48. The van der Waals surface area contributed by atoms with Crippen molar-refractivity contribution in [2.24, 2.45) is 0 Å². The Morgan fingerprint density at radius 3 is 2.18 bits per heavy atom. The Morgan fingerprint density at radius 1 is 0.848 bits per heavy atom. The van der Waals surface area contributed by atoms with E-state index in [1.165, 1.54) is 17.4 Å². The minimum Gasteiger partial charge on any atom is -0.368 e. The van der Waals surface area contributed by atoms with Gasteiger partial charge in [0.1, 0.15) is 0 Å². The molecule has 0 atom stereocenters. The quantitative estimate of drug-likeness (QED) is 0.507. The van der Waals surface area contributed by atoms with Gasteiger partial charge in [-0.3, -0.25) is 9.59 Å². The Hall–Kier alpha value is -2.96. The van der Waals surface area contributed by atoms with Crippen molar-refractivity contribution in [3.05, 3.63) is 95.0 Å². The number of amides is 2. The molecule has 170 valence electrons. The van der Waals surface area contributed by atoms with E-state index in [1.807, 2.05) is 47.4 Å². The van der Waals surface area contributed by atoms with Gasteiger partial charge in [-0.05, 0) is 54.1 Å². The van der Waals surface area contributed by atoms with Gasteiger partial charge in [-0.25, -0.2) is 0 Å². The highest BCUT2D eigenvalue weighted by atomic mass is 35.5. The standard InChI is InChI=1S/C26H26ClN3O2S/c27-22-10-12-23(13-11-22)28-25(31)19-33-18-20-6-8-21(9-7-20)26(32)30-16-14-29(15-17-30)24-4-2-1-3-5-24/h1-13H,14-19H2,(H,28,31). The van der Waals surface area contributed by atoms with Crippen molar-refractivity contribution in [1.82, 2.24) is 4.90 Å². The van der Waals surface area contributed by atoms with Crippen LogP contribution < -0.4 is 10.2 Å². The molecule has 0 bridgehead atoms. The van der Waals surface area contributed by atoms with Crippen molar-refractivity contribution in [2.45, 2.75) is 5.75 Å². The highest BCUT2D eigenvalue weighted by Gasteiger charge is 2.22. The second-order valence-corrected chi connectivity index (χ2v) is 9.28. The van der Waals surface area contributed by atoms with E-state index in [2.05, 4.69) is 22.3 Å². The fourth-order valence-corrected chi connectivity index (χ4v) is 4.64. The summed E-state index contributed by atoms with van der Waals surface area (Å²) in [7, 11) is 0. The SMILES string of the molecule is O=C(CSCc1ccc(C(=O)N2CCN(c3ccccc3)CC2)cc1)Nc1ccc(Cl)cc1. The minimum absolute atomic E-state index is 0.0521. The van der Waals surface area contributed by atoms with E-state index in [9.17, 15) is 9.59 Å². The van der Waals surface area contributed by atoms with Gasteiger partial charge in [0.2, 0.25) is 5.91 Å². The van der Waals surface area contributed by atoms with Crippen molar-refractivity contribution in [2.75, 3.05) is 42.1 Å². The summed E-state index contributed by atoms with van der Waals surface area (Å²) in [5.74, 6) is 1.08. The van der Waals surface area contributed by atoms with Crippen molar-refractivity contribution in [3.8, 4) is 0 Å². The van der Waals surface area contributed by atoms with Gasteiger partial charge in [-0.15, -0.1) is 11.8 Å². The zero-order valence-corrected chi connectivity index (χ0v) is 19.8. The maximum absolute atomic E-state index is 12.9. The second-order valence-electron chi connectivity index (χ2n) is 7.86. The number of piperazine rings is 1. The lowest BCUT2D eigenvalue weighted by Gasteiger charge is -2.36. The first kappa shape index (κ1) is 23.2. The molecule has 0 spiro atoms. The average molecular weight is 480 g/mol. The number of hydrogen-bond acceptors (Lipinski definition) is 4. The largest absolute Gasteiger partial charge is 0.368 e. The van der Waals surface area contributed by atoms with Gasteiger partial charge in [0.05, 0.1) is 5.75 Å². The van der Waals surface area contributed by atoms with Crippen LogP contribution in [0.25, 0.3) is 0 Å². The van der Waals surface area contributed by atoms with Crippen LogP contribution in [0.5, 0.6) is 0 Å². The van der Waals surface area contributed by atoms with Crippen LogP contribution in [-0.4, -0.2) is 48.6 Å². The van der Waals surface area contributed by atoms with Gasteiger partial charge in [0.15, 0.2) is 0 Å². The zero-order chi connectivity index (χ0) is 23.0. The Balaban J connectivity index is 1.21. The third-order valence-electron chi connectivity index (χ3n) is 5.52. The predicted octanol–water partition coefficient (Wildman–Crippen LogP) is 5.17. The Labute approximate surface area is 203 Å². The van der Waals surface area contributed by atoms with Crippen molar-refractivity contribution >= 4 is 46.6 Å². The molecule has 1 saturated heterocycles. The fourth-order valence-electron chi connectivity index (χ4n) is 3.72. The van der Waals surface area contributed by atoms with E-state index in [0.29, 0.717) is 35.2 Å². The number of benzene rings is 3. The number of thioether (sulfide) groups is 1. The third-order valence-corrected chi connectivity index (χ3v) is 6.77. The van der Waals surface area contributed by atoms with E-state index in [-0.39, 0.29) is 11.8 Å². The Kier molecular flexibility index (Phi) is 7.92. The molecule has 0 radical (unpaired) electrons. The number of nitrogens with one attached hydrogen (secondary N) is 1. The molecule has 5 nitrogen and oxygen atoms in total. The van der Waals surface area contributed by atoms with Gasteiger partial charge < -0.3 is 15.1 Å². The van der Waals surface area contributed by atoms with E-state index >= 15 is 0 Å². The monoisotopic (exact) mass is 479 g/mol. The molecule has 7 heteroatoms. The highest BCUT2D eigenvalue weighted by Crippen LogP contribution is 2.19. The molecule has 1 aliphatic rings. The number of nitrogens with zero attached hydrogens (tertiary/aromatic N) is 2. The minimum atomic E-state index is -0.0521. The Morgan fingerprint density at radius 2 is 1.52 bits per heavy atom. The van der Waals surface area contributed by atoms with E-state index in [4.69, 9.17) is 11.6 Å². The van der Waals surface area contributed by atoms with Gasteiger partial charge in [-0.2, -0.15) is 0 Å². The smallest absolute Gasteiger partial charge is 0.253 e. The van der Waals surface area contributed by atoms with Crippen LogP contribution in [0.2, 0.25) is 5.02 Å². The number of anilines is 2. The molecule has 4 rings (SSSR count). The fraction of sp³-hybridized carbons (Fsp3) is 0.231. The molecule has 1 fully saturated rings. The molecule has 1 heterocycles. The zero-order valence-electron chi connectivity index (χ0n) is 18.2. The van der Waals surface area contributed by atoms with Crippen LogP contribution in [0.3, 0.4) is 0 Å².